The van der Waals surface area contributed by atoms with Crippen LogP contribution >= 0.6 is 0 Å². The van der Waals surface area contributed by atoms with Crippen LogP contribution in [0.5, 0.6) is 0 Å². The van der Waals surface area contributed by atoms with Crippen molar-refractivity contribution in [3.63, 3.8) is 0 Å². The summed E-state index contributed by atoms with van der Waals surface area (Å²) >= 11 is 0. The summed E-state index contributed by atoms with van der Waals surface area (Å²) < 4.78 is 16.7. The molecule has 0 aromatic heterocycles. The van der Waals surface area contributed by atoms with Crippen molar-refractivity contribution in [3.05, 3.63) is 24.3 Å². The molecule has 0 aromatic carbocycles. The van der Waals surface area contributed by atoms with Crippen molar-refractivity contribution in [1.29, 1.82) is 0 Å². The molecule has 56 heavy (non-hydrogen) atoms. The third kappa shape index (κ3) is 43.0. The van der Waals surface area contributed by atoms with Gasteiger partial charge in [0.1, 0.15) is 13.2 Å². The second-order valence-electron chi connectivity index (χ2n) is 16.4. The molecule has 0 radical (unpaired) electrons. The lowest BCUT2D eigenvalue weighted by molar-refractivity contribution is -0.167. The highest BCUT2D eigenvalue weighted by Crippen LogP contribution is 2.16. The number of hydrogen-bond donors (Lipinski definition) is 0. The number of esters is 3. The molecule has 0 saturated heterocycles. The highest BCUT2D eigenvalue weighted by atomic mass is 16.6. The van der Waals surface area contributed by atoms with Crippen LogP contribution in [-0.4, -0.2) is 37.2 Å². The van der Waals surface area contributed by atoms with E-state index in [2.05, 4.69) is 45.1 Å². The average molecular weight is 789 g/mol. The molecule has 0 rings (SSSR count). The molecule has 0 N–H and O–H groups in total. The van der Waals surface area contributed by atoms with Crippen molar-refractivity contribution in [2.24, 2.45) is 0 Å². The van der Waals surface area contributed by atoms with Crippen LogP contribution in [0.15, 0.2) is 24.3 Å². The fourth-order valence-corrected chi connectivity index (χ4v) is 6.98. The smallest absolute Gasteiger partial charge is 0.306 e. The van der Waals surface area contributed by atoms with E-state index in [1.165, 1.54) is 128 Å². The summed E-state index contributed by atoms with van der Waals surface area (Å²) in [5.41, 5.74) is 0. The SMILES string of the molecule is CCC/C=C\CCCCCCCC(=O)OCC(COC(=O)CCCCCCCCCCCCCCCCCCCC)OC(=O)CCCCCCC/C=C\CCC. The highest BCUT2D eigenvalue weighted by Gasteiger charge is 2.19. The zero-order valence-corrected chi connectivity index (χ0v) is 37.4. The monoisotopic (exact) mass is 789 g/mol. The van der Waals surface area contributed by atoms with E-state index >= 15 is 0 Å². The number of unbranched alkanes of at least 4 members (excludes halogenated alkanes) is 29. The molecule has 0 spiro atoms. The molecular weight excluding hydrogens is 697 g/mol. The Morgan fingerprint density at radius 1 is 0.339 bits per heavy atom. The maximum Gasteiger partial charge on any atom is 0.306 e. The van der Waals surface area contributed by atoms with Crippen LogP contribution in [0, 0.1) is 0 Å². The summed E-state index contributed by atoms with van der Waals surface area (Å²) in [6.07, 6.45) is 50.3. The minimum atomic E-state index is -0.772. The quantitative estimate of drug-likeness (QED) is 0.0265. The van der Waals surface area contributed by atoms with E-state index in [0.717, 1.165) is 89.9 Å². The van der Waals surface area contributed by atoms with Gasteiger partial charge in [0, 0.05) is 19.3 Å². The summed E-state index contributed by atoms with van der Waals surface area (Å²) in [6.45, 7) is 6.52. The fourth-order valence-electron chi connectivity index (χ4n) is 6.98. The summed E-state index contributed by atoms with van der Waals surface area (Å²) in [7, 11) is 0. The Bertz CT molecular complexity index is 911. The van der Waals surface area contributed by atoms with Gasteiger partial charge in [0.05, 0.1) is 0 Å². The summed E-state index contributed by atoms with van der Waals surface area (Å²) in [5.74, 6) is -0.889. The minimum absolute atomic E-state index is 0.0743. The van der Waals surface area contributed by atoms with Crippen molar-refractivity contribution in [2.45, 2.75) is 264 Å². The zero-order valence-electron chi connectivity index (χ0n) is 37.4. The molecule has 0 aliphatic rings. The Balaban J connectivity index is 4.25. The number of carbonyl (C=O) groups excluding carboxylic acids is 3. The second kappa shape index (κ2) is 45.6. The average Bonchev–Trinajstić information content (AvgIpc) is 3.19. The minimum Gasteiger partial charge on any atom is -0.462 e. The molecule has 0 saturated carbocycles. The summed E-state index contributed by atoms with van der Waals surface area (Å²) in [5, 5.41) is 0. The predicted molar refractivity (Wildman–Crippen MR) is 238 cm³/mol. The van der Waals surface area contributed by atoms with Crippen molar-refractivity contribution in [1.82, 2.24) is 0 Å². The van der Waals surface area contributed by atoms with E-state index in [1.807, 2.05) is 0 Å². The van der Waals surface area contributed by atoms with Gasteiger partial charge in [0.15, 0.2) is 6.10 Å². The molecule has 0 fully saturated rings. The van der Waals surface area contributed by atoms with Crippen LogP contribution in [0.25, 0.3) is 0 Å². The molecule has 1 unspecified atom stereocenters. The Labute approximate surface area is 347 Å². The van der Waals surface area contributed by atoms with E-state index in [9.17, 15) is 14.4 Å². The number of ether oxygens (including phenoxy) is 3. The zero-order chi connectivity index (χ0) is 40.8. The highest BCUT2D eigenvalue weighted by molar-refractivity contribution is 5.71. The molecule has 0 aromatic rings. The van der Waals surface area contributed by atoms with Crippen molar-refractivity contribution in [2.75, 3.05) is 13.2 Å². The first-order valence-corrected chi connectivity index (χ1v) is 24.3. The molecule has 0 aliphatic carbocycles. The molecule has 0 heterocycles. The molecule has 6 nitrogen and oxygen atoms in total. The van der Waals surface area contributed by atoms with Crippen LogP contribution in [0.2, 0.25) is 0 Å². The Hall–Kier alpha value is -2.11. The van der Waals surface area contributed by atoms with E-state index < -0.39 is 6.10 Å². The molecule has 328 valence electrons. The first kappa shape index (κ1) is 53.9. The normalized spacial score (nSPS) is 12.1. The first-order valence-electron chi connectivity index (χ1n) is 24.3. The Kier molecular flexibility index (Phi) is 43.9. The number of carbonyl (C=O) groups is 3. The van der Waals surface area contributed by atoms with Gasteiger partial charge in [-0.05, 0) is 57.8 Å². The van der Waals surface area contributed by atoms with Gasteiger partial charge in [0.2, 0.25) is 0 Å². The van der Waals surface area contributed by atoms with Crippen LogP contribution in [0.1, 0.15) is 258 Å². The molecule has 6 heteroatoms. The lowest BCUT2D eigenvalue weighted by atomic mass is 10.0. The number of rotatable bonds is 44. The topological polar surface area (TPSA) is 78.9 Å². The van der Waals surface area contributed by atoms with Gasteiger partial charge < -0.3 is 14.2 Å². The van der Waals surface area contributed by atoms with Gasteiger partial charge in [-0.15, -0.1) is 0 Å². The van der Waals surface area contributed by atoms with Crippen LogP contribution in [-0.2, 0) is 28.6 Å². The summed E-state index contributed by atoms with van der Waals surface area (Å²) in [6, 6.07) is 0. The first-order chi connectivity index (χ1) is 27.5. The predicted octanol–water partition coefficient (Wildman–Crippen LogP) is 15.6. The van der Waals surface area contributed by atoms with Gasteiger partial charge in [-0.25, -0.2) is 0 Å². The van der Waals surface area contributed by atoms with Crippen molar-refractivity contribution < 1.29 is 28.6 Å². The summed E-state index contributed by atoms with van der Waals surface area (Å²) in [4.78, 5) is 37.7. The third-order valence-electron chi connectivity index (χ3n) is 10.6. The van der Waals surface area contributed by atoms with E-state index in [-0.39, 0.29) is 31.1 Å². The van der Waals surface area contributed by atoms with Gasteiger partial charge in [0.25, 0.3) is 0 Å². The lowest BCUT2D eigenvalue weighted by Gasteiger charge is -2.18. The van der Waals surface area contributed by atoms with Crippen LogP contribution < -0.4 is 0 Å². The maximum atomic E-state index is 12.7. The molecular formula is C50H92O6. The van der Waals surface area contributed by atoms with E-state index in [4.69, 9.17) is 14.2 Å². The number of hydrogen-bond acceptors (Lipinski definition) is 6. The van der Waals surface area contributed by atoms with E-state index in [0.29, 0.717) is 19.3 Å². The van der Waals surface area contributed by atoms with E-state index in [1.54, 1.807) is 0 Å². The van der Waals surface area contributed by atoms with Gasteiger partial charge in [-0.1, -0.05) is 206 Å². The van der Waals surface area contributed by atoms with Gasteiger partial charge in [-0.2, -0.15) is 0 Å². The second-order valence-corrected chi connectivity index (χ2v) is 16.4. The van der Waals surface area contributed by atoms with Gasteiger partial charge >= 0.3 is 17.9 Å². The molecule has 0 bridgehead atoms. The largest absolute Gasteiger partial charge is 0.462 e. The fraction of sp³-hybridized carbons (Fsp3) is 0.860. The Morgan fingerprint density at radius 3 is 0.964 bits per heavy atom. The molecule has 1 atom stereocenters. The van der Waals surface area contributed by atoms with Crippen molar-refractivity contribution >= 4 is 17.9 Å². The lowest BCUT2D eigenvalue weighted by Crippen LogP contribution is -2.30. The van der Waals surface area contributed by atoms with Gasteiger partial charge in [-0.3, -0.25) is 14.4 Å². The Morgan fingerprint density at radius 2 is 0.625 bits per heavy atom. The third-order valence-corrected chi connectivity index (χ3v) is 10.6. The molecule has 0 amide bonds. The molecule has 0 aliphatic heterocycles. The van der Waals surface area contributed by atoms with Crippen molar-refractivity contribution in [3.8, 4) is 0 Å². The van der Waals surface area contributed by atoms with Crippen LogP contribution in [0.4, 0.5) is 0 Å². The number of allylic oxidation sites excluding steroid dienone is 4. The maximum absolute atomic E-state index is 12.7. The standard InChI is InChI=1S/C50H92O6/c1-4-7-10-13-16-19-22-23-24-25-26-27-28-29-32-34-37-40-43-49(52)55-46-47(56-50(53)44-41-38-35-31-21-18-15-12-9-6-3)45-54-48(51)42-39-36-33-30-20-17-14-11-8-5-2/h11-12,14-15,47H,4-10,13,16-46H2,1-3H3/b14-11-,15-12-. The van der Waals surface area contributed by atoms with Crippen LogP contribution in [0.3, 0.4) is 0 Å².